The van der Waals surface area contributed by atoms with Crippen molar-refractivity contribution >= 4 is 58.1 Å². The summed E-state index contributed by atoms with van der Waals surface area (Å²) in [6.07, 6.45) is -0.250. The van der Waals surface area contributed by atoms with Gasteiger partial charge in [-0.1, -0.05) is 35.3 Å². The number of carbonyl (C=O) groups excluding carboxylic acids is 2. The number of allylic oxidation sites excluding steroid dienone is 1. The SMILES string of the molecule is CC1=C(C(=O)OC(C)C)C(c2ccc(NC(=O)c3cc(Cl)cc(Cl)c3)cc2)NC(=S)N1C. The molecular weight excluding hydrogens is 469 g/mol. The highest BCUT2D eigenvalue weighted by Crippen LogP contribution is 2.31. The predicted octanol–water partition coefficient (Wildman–Crippen LogP) is 5.33. The van der Waals surface area contributed by atoms with Gasteiger partial charge in [0.25, 0.3) is 5.91 Å². The minimum atomic E-state index is -0.471. The molecule has 0 spiro atoms. The van der Waals surface area contributed by atoms with Crippen LogP contribution in [0.3, 0.4) is 0 Å². The molecule has 1 amide bonds. The Hall–Kier alpha value is -2.61. The number of ether oxygens (including phenoxy) is 1. The zero-order chi connectivity index (χ0) is 23.6. The summed E-state index contributed by atoms with van der Waals surface area (Å²) in [5.74, 6) is -0.739. The summed E-state index contributed by atoms with van der Waals surface area (Å²) in [4.78, 5) is 27.1. The smallest absolute Gasteiger partial charge is 0.338 e. The van der Waals surface area contributed by atoms with Crippen LogP contribution in [0.2, 0.25) is 10.0 Å². The van der Waals surface area contributed by atoms with E-state index >= 15 is 0 Å². The largest absolute Gasteiger partial charge is 0.459 e. The van der Waals surface area contributed by atoms with Gasteiger partial charge in [-0.15, -0.1) is 0 Å². The lowest BCUT2D eigenvalue weighted by Gasteiger charge is -2.35. The van der Waals surface area contributed by atoms with E-state index in [1.807, 2.05) is 19.1 Å². The third-order valence-electron chi connectivity index (χ3n) is 4.94. The zero-order valence-electron chi connectivity index (χ0n) is 18.0. The first-order chi connectivity index (χ1) is 15.1. The molecule has 1 heterocycles. The van der Waals surface area contributed by atoms with Crippen LogP contribution < -0.4 is 10.6 Å². The normalized spacial score (nSPS) is 16.2. The molecule has 1 aliphatic rings. The van der Waals surface area contributed by atoms with Crippen molar-refractivity contribution in [3.63, 3.8) is 0 Å². The molecule has 2 N–H and O–H groups in total. The minimum absolute atomic E-state index is 0.250. The molecule has 1 unspecified atom stereocenters. The van der Waals surface area contributed by atoms with Crippen molar-refractivity contribution in [2.24, 2.45) is 0 Å². The van der Waals surface area contributed by atoms with Gasteiger partial charge in [0.1, 0.15) is 0 Å². The van der Waals surface area contributed by atoms with E-state index in [2.05, 4.69) is 10.6 Å². The van der Waals surface area contributed by atoms with Crippen LogP contribution in [0.25, 0.3) is 0 Å². The molecule has 168 valence electrons. The van der Waals surface area contributed by atoms with Crippen molar-refractivity contribution in [3.05, 3.63) is 74.9 Å². The molecule has 9 heteroatoms. The van der Waals surface area contributed by atoms with Gasteiger partial charge in [0.2, 0.25) is 0 Å². The number of hydrogen-bond donors (Lipinski definition) is 2. The van der Waals surface area contributed by atoms with Gasteiger partial charge >= 0.3 is 5.97 Å². The highest BCUT2D eigenvalue weighted by atomic mass is 35.5. The fraction of sp³-hybridized carbons (Fsp3) is 0.261. The van der Waals surface area contributed by atoms with Crippen LogP contribution in [-0.4, -0.2) is 35.0 Å². The molecule has 0 saturated carbocycles. The summed E-state index contributed by atoms with van der Waals surface area (Å²) in [7, 11) is 1.80. The van der Waals surface area contributed by atoms with Gasteiger partial charge in [0.05, 0.1) is 17.7 Å². The average molecular weight is 492 g/mol. The van der Waals surface area contributed by atoms with E-state index in [4.69, 9.17) is 40.2 Å². The molecule has 6 nitrogen and oxygen atoms in total. The molecule has 0 fully saturated rings. The Morgan fingerprint density at radius 2 is 1.72 bits per heavy atom. The van der Waals surface area contributed by atoms with E-state index < -0.39 is 12.0 Å². The van der Waals surface area contributed by atoms with Crippen molar-refractivity contribution < 1.29 is 14.3 Å². The fourth-order valence-electron chi connectivity index (χ4n) is 3.27. The summed E-state index contributed by atoms with van der Waals surface area (Å²) < 4.78 is 5.45. The summed E-state index contributed by atoms with van der Waals surface area (Å²) in [5.41, 5.74) is 2.95. The van der Waals surface area contributed by atoms with Crippen LogP contribution in [0.1, 0.15) is 42.7 Å². The molecule has 3 rings (SSSR count). The maximum Gasteiger partial charge on any atom is 0.338 e. The van der Waals surface area contributed by atoms with E-state index in [9.17, 15) is 9.59 Å². The number of thiocarbonyl (C=S) groups is 1. The first-order valence-electron chi connectivity index (χ1n) is 9.90. The van der Waals surface area contributed by atoms with Crippen LogP contribution in [0, 0.1) is 0 Å². The monoisotopic (exact) mass is 491 g/mol. The van der Waals surface area contributed by atoms with Crippen LogP contribution in [-0.2, 0) is 9.53 Å². The van der Waals surface area contributed by atoms with Crippen LogP contribution in [0.5, 0.6) is 0 Å². The van der Waals surface area contributed by atoms with Crippen molar-refractivity contribution in [1.82, 2.24) is 10.2 Å². The Kier molecular flexibility index (Phi) is 7.44. The number of amides is 1. The maximum absolute atomic E-state index is 12.8. The number of anilines is 1. The van der Waals surface area contributed by atoms with Crippen molar-refractivity contribution in [2.75, 3.05) is 12.4 Å². The van der Waals surface area contributed by atoms with Gasteiger partial charge in [-0.05, 0) is 68.9 Å². The third-order valence-corrected chi connectivity index (χ3v) is 5.77. The van der Waals surface area contributed by atoms with Crippen molar-refractivity contribution in [2.45, 2.75) is 32.9 Å². The van der Waals surface area contributed by atoms with Gasteiger partial charge in [0.15, 0.2) is 5.11 Å². The first kappa shape index (κ1) is 24.0. The Morgan fingerprint density at radius 3 is 2.28 bits per heavy atom. The number of benzene rings is 2. The molecule has 1 atom stereocenters. The molecule has 32 heavy (non-hydrogen) atoms. The van der Waals surface area contributed by atoms with Gasteiger partial charge in [0, 0.05) is 34.0 Å². The lowest BCUT2D eigenvalue weighted by Crippen LogP contribution is -2.46. The van der Waals surface area contributed by atoms with E-state index in [-0.39, 0.29) is 12.0 Å². The van der Waals surface area contributed by atoms with Crippen LogP contribution in [0.15, 0.2) is 53.7 Å². The molecule has 0 bridgehead atoms. The summed E-state index contributed by atoms with van der Waals surface area (Å²) >= 11 is 17.4. The number of nitrogens with zero attached hydrogens (tertiary/aromatic N) is 1. The molecule has 0 aromatic heterocycles. The van der Waals surface area contributed by atoms with Crippen molar-refractivity contribution in [3.8, 4) is 0 Å². The molecular formula is C23H23Cl2N3O3S. The number of nitrogens with one attached hydrogen (secondary N) is 2. The topological polar surface area (TPSA) is 70.7 Å². The number of rotatable bonds is 5. The molecule has 2 aromatic carbocycles. The van der Waals surface area contributed by atoms with E-state index in [0.717, 1.165) is 11.3 Å². The van der Waals surface area contributed by atoms with E-state index in [1.54, 1.807) is 56.1 Å². The average Bonchev–Trinajstić information content (AvgIpc) is 2.71. The van der Waals surface area contributed by atoms with E-state index in [1.165, 1.54) is 0 Å². The summed E-state index contributed by atoms with van der Waals surface area (Å²) in [5, 5.41) is 7.27. The third kappa shape index (κ3) is 5.41. The maximum atomic E-state index is 12.8. The molecule has 0 radical (unpaired) electrons. The second-order valence-electron chi connectivity index (χ2n) is 7.63. The number of hydrogen-bond acceptors (Lipinski definition) is 4. The zero-order valence-corrected chi connectivity index (χ0v) is 20.4. The predicted molar refractivity (Wildman–Crippen MR) is 131 cm³/mol. The number of esters is 1. The highest BCUT2D eigenvalue weighted by Gasteiger charge is 2.33. The Bertz CT molecular complexity index is 1080. The van der Waals surface area contributed by atoms with Gasteiger partial charge in [-0.2, -0.15) is 0 Å². The van der Waals surface area contributed by atoms with Crippen molar-refractivity contribution in [1.29, 1.82) is 0 Å². The van der Waals surface area contributed by atoms with E-state index in [0.29, 0.717) is 32.0 Å². The summed E-state index contributed by atoms with van der Waals surface area (Å²) in [6.45, 7) is 5.44. The lowest BCUT2D eigenvalue weighted by atomic mass is 9.95. The molecule has 0 aliphatic carbocycles. The van der Waals surface area contributed by atoms with Gasteiger partial charge in [-0.3, -0.25) is 4.79 Å². The Labute approximate surface area is 202 Å². The number of halogens is 2. The quantitative estimate of drug-likeness (QED) is 0.434. The standard InChI is InChI=1S/C23H23Cl2N3O3S/c1-12(2)31-22(30)19-13(3)28(4)23(32)27-20(19)14-5-7-18(8-6-14)26-21(29)15-9-16(24)11-17(25)10-15/h5-12,20H,1-4H3,(H,26,29)(H,27,32). The van der Waals surface area contributed by atoms with Crippen LogP contribution >= 0.6 is 35.4 Å². The lowest BCUT2D eigenvalue weighted by molar-refractivity contribution is -0.143. The highest BCUT2D eigenvalue weighted by molar-refractivity contribution is 7.80. The summed E-state index contributed by atoms with van der Waals surface area (Å²) in [6, 6.07) is 11.3. The molecule has 2 aromatic rings. The Morgan fingerprint density at radius 1 is 1.12 bits per heavy atom. The van der Waals surface area contributed by atoms with Crippen LogP contribution in [0.4, 0.5) is 5.69 Å². The molecule has 0 saturated heterocycles. The fourth-order valence-corrected chi connectivity index (χ4v) is 4.06. The van der Waals surface area contributed by atoms with Gasteiger partial charge < -0.3 is 20.3 Å². The minimum Gasteiger partial charge on any atom is -0.459 e. The second-order valence-corrected chi connectivity index (χ2v) is 8.89. The van der Waals surface area contributed by atoms with Gasteiger partial charge in [-0.25, -0.2) is 4.79 Å². The number of carbonyl (C=O) groups is 2. The Balaban J connectivity index is 1.85. The first-order valence-corrected chi connectivity index (χ1v) is 11.1. The second kappa shape index (κ2) is 9.90. The molecule has 1 aliphatic heterocycles.